The van der Waals surface area contributed by atoms with Gasteiger partial charge in [-0.3, -0.25) is 0 Å². The van der Waals surface area contributed by atoms with Crippen LogP contribution < -0.4 is 14.8 Å². The van der Waals surface area contributed by atoms with Crippen molar-refractivity contribution < 1.29 is 9.47 Å². The molecule has 112 valence electrons. The second-order valence-corrected chi connectivity index (χ2v) is 6.73. The third-order valence-electron chi connectivity index (χ3n) is 3.65. The summed E-state index contributed by atoms with van der Waals surface area (Å²) in [4.78, 5) is 1.40. The summed E-state index contributed by atoms with van der Waals surface area (Å²) >= 11 is 7.79. The molecule has 3 rings (SSSR count). The van der Waals surface area contributed by atoms with Crippen molar-refractivity contribution in [3.05, 3.63) is 39.0 Å². The smallest absolute Gasteiger partial charge is 0.162 e. The van der Waals surface area contributed by atoms with Gasteiger partial charge in [-0.2, -0.15) is 0 Å². The minimum absolute atomic E-state index is 0.325. The number of benzene rings is 1. The molecule has 1 heterocycles. The molecule has 3 nitrogen and oxygen atoms in total. The van der Waals surface area contributed by atoms with E-state index in [1.807, 2.05) is 25.1 Å². The molecular formula is C16H18ClNO2S. The van der Waals surface area contributed by atoms with Gasteiger partial charge in [0, 0.05) is 16.6 Å². The van der Waals surface area contributed by atoms with E-state index in [9.17, 15) is 0 Å². The van der Waals surface area contributed by atoms with Crippen molar-refractivity contribution in [3.8, 4) is 11.5 Å². The molecule has 0 saturated carbocycles. The van der Waals surface area contributed by atoms with E-state index in [2.05, 4.69) is 11.4 Å². The van der Waals surface area contributed by atoms with Crippen molar-refractivity contribution >= 4 is 28.6 Å². The molecule has 1 unspecified atom stereocenters. The highest BCUT2D eigenvalue weighted by Crippen LogP contribution is 2.41. The lowest BCUT2D eigenvalue weighted by Crippen LogP contribution is -2.07. The van der Waals surface area contributed by atoms with Gasteiger partial charge < -0.3 is 14.8 Å². The molecule has 21 heavy (non-hydrogen) atoms. The Labute approximate surface area is 133 Å². The van der Waals surface area contributed by atoms with Crippen LogP contribution in [0.2, 0.25) is 4.34 Å². The number of halogens is 1. The van der Waals surface area contributed by atoms with E-state index in [1.54, 1.807) is 18.4 Å². The molecule has 5 heteroatoms. The Bertz CT molecular complexity index is 641. The predicted molar refractivity (Wildman–Crippen MR) is 88.2 cm³/mol. The van der Waals surface area contributed by atoms with Crippen molar-refractivity contribution in [3.63, 3.8) is 0 Å². The third kappa shape index (κ3) is 2.97. The van der Waals surface area contributed by atoms with E-state index in [0.717, 1.165) is 34.4 Å². The summed E-state index contributed by atoms with van der Waals surface area (Å²) in [5, 5.41) is 3.57. The number of methoxy groups -OCH3 is 1. The molecule has 1 aliphatic carbocycles. The van der Waals surface area contributed by atoms with Crippen LogP contribution in [0.4, 0.5) is 5.69 Å². The zero-order valence-electron chi connectivity index (χ0n) is 12.1. The van der Waals surface area contributed by atoms with E-state index in [-0.39, 0.29) is 0 Å². The minimum Gasteiger partial charge on any atom is -0.493 e. The SMILES string of the molecule is CCOc1ccc(NC2CCc3sc(Cl)cc32)cc1OC. The molecule has 0 saturated heterocycles. The van der Waals surface area contributed by atoms with E-state index < -0.39 is 0 Å². The standard InChI is InChI=1S/C16H18ClNO2S/c1-3-20-13-6-4-10(8-14(13)19-2)18-12-5-7-15-11(12)9-16(17)21-15/h4,6,8-9,12,18H,3,5,7H2,1-2H3. The molecule has 0 spiro atoms. The quantitative estimate of drug-likeness (QED) is 0.848. The largest absolute Gasteiger partial charge is 0.493 e. The van der Waals surface area contributed by atoms with Crippen molar-refractivity contribution in [2.45, 2.75) is 25.8 Å². The van der Waals surface area contributed by atoms with Crippen LogP contribution in [0.3, 0.4) is 0 Å². The van der Waals surface area contributed by atoms with Gasteiger partial charge in [0.2, 0.25) is 0 Å². The van der Waals surface area contributed by atoms with Crippen molar-refractivity contribution in [1.82, 2.24) is 0 Å². The van der Waals surface area contributed by atoms with Crippen LogP contribution in [0.15, 0.2) is 24.3 Å². The fraction of sp³-hybridized carbons (Fsp3) is 0.375. The van der Waals surface area contributed by atoms with Crippen LogP contribution >= 0.6 is 22.9 Å². The Balaban J connectivity index is 1.79. The van der Waals surface area contributed by atoms with Crippen molar-refractivity contribution in [2.24, 2.45) is 0 Å². The number of fused-ring (bicyclic) bond motifs is 1. The molecule has 0 amide bonds. The molecule has 1 aromatic carbocycles. The fourth-order valence-corrected chi connectivity index (χ4v) is 4.07. The normalized spacial score (nSPS) is 16.6. The van der Waals surface area contributed by atoms with Gasteiger partial charge in [-0.15, -0.1) is 11.3 Å². The number of rotatable bonds is 5. The third-order valence-corrected chi connectivity index (χ3v) is 4.99. The lowest BCUT2D eigenvalue weighted by molar-refractivity contribution is 0.311. The van der Waals surface area contributed by atoms with Crippen LogP contribution in [-0.4, -0.2) is 13.7 Å². The lowest BCUT2D eigenvalue weighted by Gasteiger charge is -2.16. The van der Waals surface area contributed by atoms with Crippen LogP contribution in [-0.2, 0) is 6.42 Å². The van der Waals surface area contributed by atoms with Gasteiger partial charge >= 0.3 is 0 Å². The molecule has 0 radical (unpaired) electrons. The first kappa shape index (κ1) is 14.5. The predicted octanol–water partition coefficient (Wildman–Crippen LogP) is 4.91. The first-order valence-corrected chi connectivity index (χ1v) is 8.26. The Hall–Kier alpha value is -1.39. The van der Waals surface area contributed by atoms with Crippen LogP contribution in [0.5, 0.6) is 11.5 Å². The Morgan fingerprint density at radius 1 is 1.33 bits per heavy atom. The lowest BCUT2D eigenvalue weighted by atomic mass is 10.1. The number of aryl methyl sites for hydroxylation is 1. The van der Waals surface area contributed by atoms with Crippen molar-refractivity contribution in [2.75, 3.05) is 19.0 Å². The van der Waals surface area contributed by atoms with Gasteiger partial charge in [0.1, 0.15) is 0 Å². The van der Waals surface area contributed by atoms with Gasteiger partial charge in [-0.1, -0.05) is 11.6 Å². The first-order valence-electron chi connectivity index (χ1n) is 7.06. The molecule has 0 aliphatic heterocycles. The second-order valence-electron chi connectivity index (χ2n) is 4.96. The van der Waals surface area contributed by atoms with Crippen LogP contribution in [0.25, 0.3) is 0 Å². The maximum Gasteiger partial charge on any atom is 0.162 e. The average molecular weight is 324 g/mol. The van der Waals surface area contributed by atoms with E-state index in [0.29, 0.717) is 12.6 Å². The number of nitrogens with one attached hydrogen (secondary N) is 1. The molecule has 1 N–H and O–H groups in total. The number of hydrogen-bond acceptors (Lipinski definition) is 4. The summed E-state index contributed by atoms with van der Waals surface area (Å²) in [6.45, 7) is 2.59. The van der Waals surface area contributed by atoms with Gasteiger partial charge in [-0.25, -0.2) is 0 Å². The van der Waals surface area contributed by atoms with Crippen molar-refractivity contribution in [1.29, 1.82) is 0 Å². The van der Waals surface area contributed by atoms with Crippen LogP contribution in [0, 0.1) is 0 Å². The highest BCUT2D eigenvalue weighted by molar-refractivity contribution is 7.16. The molecular weight excluding hydrogens is 306 g/mol. The molecule has 0 bridgehead atoms. The highest BCUT2D eigenvalue weighted by Gasteiger charge is 2.25. The summed E-state index contributed by atoms with van der Waals surface area (Å²) in [5.74, 6) is 1.53. The topological polar surface area (TPSA) is 30.5 Å². The first-order chi connectivity index (χ1) is 10.2. The van der Waals surface area contributed by atoms with E-state index in [4.69, 9.17) is 21.1 Å². The number of thiophene rings is 1. The molecule has 1 aromatic heterocycles. The molecule has 1 aliphatic rings. The van der Waals surface area contributed by atoms with Gasteiger partial charge in [0.25, 0.3) is 0 Å². The molecule has 1 atom stereocenters. The van der Waals surface area contributed by atoms with Gasteiger partial charge in [0.15, 0.2) is 11.5 Å². The monoisotopic (exact) mass is 323 g/mol. The Morgan fingerprint density at radius 3 is 2.95 bits per heavy atom. The minimum atomic E-state index is 0.325. The Kier molecular flexibility index (Phi) is 4.27. The average Bonchev–Trinajstić information content (AvgIpc) is 3.01. The van der Waals surface area contributed by atoms with E-state index in [1.165, 1.54) is 10.4 Å². The zero-order chi connectivity index (χ0) is 14.8. The number of ether oxygens (including phenoxy) is 2. The molecule has 0 fully saturated rings. The van der Waals surface area contributed by atoms with E-state index >= 15 is 0 Å². The zero-order valence-corrected chi connectivity index (χ0v) is 13.7. The number of anilines is 1. The summed E-state index contributed by atoms with van der Waals surface area (Å²) in [7, 11) is 1.66. The van der Waals surface area contributed by atoms with Gasteiger partial charge in [0.05, 0.1) is 24.1 Å². The molecule has 2 aromatic rings. The highest BCUT2D eigenvalue weighted by atomic mass is 35.5. The fourth-order valence-electron chi connectivity index (χ4n) is 2.71. The summed E-state index contributed by atoms with van der Waals surface area (Å²) in [6, 6.07) is 8.36. The van der Waals surface area contributed by atoms with Gasteiger partial charge in [-0.05, 0) is 43.5 Å². The summed E-state index contributed by atoms with van der Waals surface area (Å²) in [5.41, 5.74) is 2.37. The maximum atomic E-state index is 6.10. The maximum absolute atomic E-state index is 6.10. The Morgan fingerprint density at radius 2 is 2.19 bits per heavy atom. The summed E-state index contributed by atoms with van der Waals surface area (Å²) in [6.07, 6.45) is 2.20. The van der Waals surface area contributed by atoms with Crippen LogP contribution in [0.1, 0.15) is 29.8 Å². The number of hydrogen-bond donors (Lipinski definition) is 1. The second kappa shape index (κ2) is 6.16. The summed E-state index contributed by atoms with van der Waals surface area (Å²) < 4.78 is 11.8.